The van der Waals surface area contributed by atoms with E-state index in [1.54, 1.807) is 25.4 Å². The summed E-state index contributed by atoms with van der Waals surface area (Å²) in [5.41, 5.74) is 7.38. The topological polar surface area (TPSA) is 65.2 Å². The molecule has 4 nitrogen and oxygen atoms in total. The number of esters is 1. The van der Waals surface area contributed by atoms with E-state index >= 15 is 0 Å². The van der Waals surface area contributed by atoms with Crippen LogP contribution in [-0.4, -0.2) is 17.6 Å². The fourth-order valence-electron chi connectivity index (χ4n) is 1.19. The van der Waals surface area contributed by atoms with Crippen molar-refractivity contribution in [3.63, 3.8) is 0 Å². The van der Waals surface area contributed by atoms with Crippen molar-refractivity contribution in [3.8, 4) is 0 Å². The minimum atomic E-state index is -0.710. The Bertz CT molecular complexity index is 326. The summed E-state index contributed by atoms with van der Waals surface area (Å²) in [4.78, 5) is 15.3. The number of hydrogen-bond donors (Lipinski definition) is 1. The highest BCUT2D eigenvalue weighted by Crippen LogP contribution is 2.14. The molecule has 0 bridgehead atoms. The molecule has 1 heterocycles. The normalized spacial score (nSPS) is 12.2. The van der Waals surface area contributed by atoms with Crippen LogP contribution in [0.5, 0.6) is 0 Å². The maximum atomic E-state index is 11.3. The van der Waals surface area contributed by atoms with Crippen LogP contribution in [0.25, 0.3) is 0 Å². The van der Waals surface area contributed by atoms with Gasteiger partial charge in [0, 0.05) is 12.4 Å². The first-order valence-electron chi connectivity index (χ1n) is 4.49. The fraction of sp³-hybridized carbons (Fsp3) is 0.400. The van der Waals surface area contributed by atoms with Crippen molar-refractivity contribution < 1.29 is 9.53 Å². The van der Waals surface area contributed by atoms with Crippen molar-refractivity contribution in [3.05, 3.63) is 29.6 Å². The predicted octanol–water partition coefficient (Wildman–Crippen LogP) is 0.953. The van der Waals surface area contributed by atoms with Gasteiger partial charge in [0.05, 0.1) is 6.61 Å². The molecule has 0 saturated heterocycles. The Labute approximate surface area is 83.1 Å². The average molecular weight is 194 g/mol. The van der Waals surface area contributed by atoms with Gasteiger partial charge in [0.2, 0.25) is 0 Å². The van der Waals surface area contributed by atoms with E-state index in [2.05, 4.69) is 4.98 Å². The van der Waals surface area contributed by atoms with Crippen molar-refractivity contribution in [1.29, 1.82) is 0 Å². The summed E-state index contributed by atoms with van der Waals surface area (Å²) in [7, 11) is 0. The summed E-state index contributed by atoms with van der Waals surface area (Å²) in [5.74, 6) is -0.401. The second kappa shape index (κ2) is 4.72. The van der Waals surface area contributed by atoms with Crippen LogP contribution in [0.15, 0.2) is 18.5 Å². The lowest BCUT2D eigenvalue weighted by molar-refractivity contribution is -0.144. The van der Waals surface area contributed by atoms with E-state index in [-0.39, 0.29) is 0 Å². The second-order valence-corrected chi connectivity index (χ2v) is 2.96. The Morgan fingerprint density at radius 2 is 2.43 bits per heavy atom. The summed E-state index contributed by atoms with van der Waals surface area (Å²) >= 11 is 0. The lowest BCUT2D eigenvalue weighted by atomic mass is 10.1. The monoisotopic (exact) mass is 194 g/mol. The van der Waals surface area contributed by atoms with Gasteiger partial charge >= 0.3 is 5.97 Å². The van der Waals surface area contributed by atoms with Crippen LogP contribution < -0.4 is 5.73 Å². The summed E-state index contributed by atoms with van der Waals surface area (Å²) in [6.07, 6.45) is 3.29. The van der Waals surface area contributed by atoms with Gasteiger partial charge in [-0.1, -0.05) is 0 Å². The van der Waals surface area contributed by atoms with Crippen LogP contribution >= 0.6 is 0 Å². The molecule has 14 heavy (non-hydrogen) atoms. The molecule has 0 spiro atoms. The van der Waals surface area contributed by atoms with E-state index in [4.69, 9.17) is 10.5 Å². The minimum absolute atomic E-state index is 0.344. The number of ether oxygens (including phenoxy) is 1. The van der Waals surface area contributed by atoms with Gasteiger partial charge in [0.1, 0.15) is 6.04 Å². The highest BCUT2D eigenvalue weighted by atomic mass is 16.5. The molecule has 0 saturated carbocycles. The number of pyridine rings is 1. The second-order valence-electron chi connectivity index (χ2n) is 2.96. The largest absolute Gasteiger partial charge is 0.465 e. The van der Waals surface area contributed by atoms with Crippen LogP contribution in [0.4, 0.5) is 0 Å². The van der Waals surface area contributed by atoms with E-state index in [1.807, 2.05) is 6.92 Å². The van der Waals surface area contributed by atoms with E-state index in [1.165, 1.54) is 0 Å². The standard InChI is InChI=1S/C10H14N2O2/c1-3-14-10(13)9(11)8-4-5-12-6-7(8)2/h4-6,9H,3,11H2,1-2H3. The molecule has 76 valence electrons. The zero-order valence-corrected chi connectivity index (χ0v) is 8.36. The van der Waals surface area contributed by atoms with Crippen LogP contribution in [-0.2, 0) is 9.53 Å². The number of carbonyl (C=O) groups excluding carboxylic acids is 1. The lowest BCUT2D eigenvalue weighted by Gasteiger charge is -2.12. The van der Waals surface area contributed by atoms with Crippen LogP contribution in [0.1, 0.15) is 24.1 Å². The number of aromatic nitrogens is 1. The average Bonchev–Trinajstić information content (AvgIpc) is 2.18. The molecule has 1 aromatic heterocycles. The third kappa shape index (κ3) is 2.29. The van der Waals surface area contributed by atoms with Crippen LogP contribution in [0.2, 0.25) is 0 Å². The highest BCUT2D eigenvalue weighted by Gasteiger charge is 2.18. The van der Waals surface area contributed by atoms with Crippen molar-refractivity contribution >= 4 is 5.97 Å². The van der Waals surface area contributed by atoms with Crippen LogP contribution in [0.3, 0.4) is 0 Å². The highest BCUT2D eigenvalue weighted by molar-refractivity contribution is 5.77. The molecule has 1 atom stereocenters. The molecule has 4 heteroatoms. The smallest absolute Gasteiger partial charge is 0.327 e. The number of nitrogens with zero attached hydrogens (tertiary/aromatic N) is 1. The molecule has 0 radical (unpaired) electrons. The molecule has 1 aromatic rings. The van der Waals surface area contributed by atoms with E-state index < -0.39 is 12.0 Å². The first-order valence-corrected chi connectivity index (χ1v) is 4.49. The zero-order valence-electron chi connectivity index (χ0n) is 8.36. The SMILES string of the molecule is CCOC(=O)C(N)c1ccncc1C. The Morgan fingerprint density at radius 3 is 3.00 bits per heavy atom. The maximum absolute atomic E-state index is 11.3. The molecule has 2 N–H and O–H groups in total. The third-order valence-corrected chi connectivity index (χ3v) is 1.94. The molecule has 0 amide bonds. The van der Waals surface area contributed by atoms with Gasteiger partial charge in [-0.3, -0.25) is 4.98 Å². The van der Waals surface area contributed by atoms with E-state index in [0.717, 1.165) is 11.1 Å². The van der Waals surface area contributed by atoms with Crippen molar-refractivity contribution in [2.45, 2.75) is 19.9 Å². The molecular formula is C10H14N2O2. The number of nitrogens with two attached hydrogens (primary N) is 1. The van der Waals surface area contributed by atoms with E-state index in [9.17, 15) is 4.79 Å². The van der Waals surface area contributed by atoms with Gasteiger partial charge in [-0.25, -0.2) is 4.79 Å². The van der Waals surface area contributed by atoms with Gasteiger partial charge in [-0.2, -0.15) is 0 Å². The van der Waals surface area contributed by atoms with Gasteiger partial charge in [-0.15, -0.1) is 0 Å². The third-order valence-electron chi connectivity index (χ3n) is 1.94. The Balaban J connectivity index is 2.84. The Kier molecular flexibility index (Phi) is 3.59. The quantitative estimate of drug-likeness (QED) is 0.727. The molecule has 0 aromatic carbocycles. The number of aryl methyl sites for hydroxylation is 1. The molecule has 1 unspecified atom stereocenters. The summed E-state index contributed by atoms with van der Waals surface area (Å²) in [6.45, 7) is 3.96. The van der Waals surface area contributed by atoms with Crippen LogP contribution in [0, 0.1) is 6.92 Å². The maximum Gasteiger partial charge on any atom is 0.327 e. The first-order chi connectivity index (χ1) is 6.66. The summed E-state index contributed by atoms with van der Waals surface area (Å²) < 4.78 is 4.83. The minimum Gasteiger partial charge on any atom is -0.465 e. The Morgan fingerprint density at radius 1 is 1.71 bits per heavy atom. The molecule has 0 aliphatic carbocycles. The molecule has 0 fully saturated rings. The fourth-order valence-corrected chi connectivity index (χ4v) is 1.19. The lowest BCUT2D eigenvalue weighted by Crippen LogP contribution is -2.24. The van der Waals surface area contributed by atoms with Crippen molar-refractivity contribution in [1.82, 2.24) is 4.98 Å². The van der Waals surface area contributed by atoms with Gasteiger partial charge in [0.25, 0.3) is 0 Å². The predicted molar refractivity (Wildman–Crippen MR) is 52.5 cm³/mol. The molecule has 0 aliphatic heterocycles. The van der Waals surface area contributed by atoms with Crippen molar-refractivity contribution in [2.24, 2.45) is 5.73 Å². The Hall–Kier alpha value is -1.42. The molecule has 1 rings (SSSR count). The van der Waals surface area contributed by atoms with Gasteiger partial charge < -0.3 is 10.5 Å². The molecular weight excluding hydrogens is 180 g/mol. The van der Waals surface area contributed by atoms with E-state index in [0.29, 0.717) is 6.61 Å². The number of rotatable bonds is 3. The zero-order chi connectivity index (χ0) is 10.6. The van der Waals surface area contributed by atoms with Gasteiger partial charge in [0.15, 0.2) is 0 Å². The summed E-state index contributed by atoms with van der Waals surface area (Å²) in [5, 5.41) is 0. The number of carbonyl (C=O) groups is 1. The number of hydrogen-bond acceptors (Lipinski definition) is 4. The molecule has 0 aliphatic rings. The van der Waals surface area contributed by atoms with Gasteiger partial charge in [-0.05, 0) is 31.0 Å². The summed E-state index contributed by atoms with van der Waals surface area (Å²) in [6, 6.07) is 1.02. The first kappa shape index (κ1) is 10.7. The van der Waals surface area contributed by atoms with Crippen molar-refractivity contribution in [2.75, 3.05) is 6.61 Å².